The average molecular weight is 465 g/mol. The van der Waals surface area contributed by atoms with Gasteiger partial charge in [-0.1, -0.05) is 41.4 Å². The Balaban J connectivity index is 1.75. The third kappa shape index (κ3) is 5.27. The zero-order valence-electron chi connectivity index (χ0n) is 17.2. The van der Waals surface area contributed by atoms with E-state index in [1.807, 2.05) is 19.1 Å². The topological polar surface area (TPSA) is 49.4 Å². The van der Waals surface area contributed by atoms with Gasteiger partial charge < -0.3 is 4.90 Å². The van der Waals surface area contributed by atoms with E-state index in [1.54, 1.807) is 12.1 Å². The summed E-state index contributed by atoms with van der Waals surface area (Å²) in [4.78, 5) is 2.46. The van der Waals surface area contributed by atoms with Gasteiger partial charge in [0, 0.05) is 34.5 Å². The summed E-state index contributed by atoms with van der Waals surface area (Å²) in [5, 5.41) is 1.20. The largest absolute Gasteiger partial charge is 0.341 e. The van der Waals surface area contributed by atoms with Gasteiger partial charge in [-0.3, -0.25) is 0 Å². The predicted molar refractivity (Wildman–Crippen MR) is 126 cm³/mol. The van der Waals surface area contributed by atoms with E-state index in [0.717, 1.165) is 24.2 Å². The van der Waals surface area contributed by atoms with Crippen LogP contribution in [0.3, 0.4) is 0 Å². The van der Waals surface area contributed by atoms with Gasteiger partial charge in [-0.2, -0.15) is 0 Å². The van der Waals surface area contributed by atoms with Gasteiger partial charge >= 0.3 is 0 Å². The van der Waals surface area contributed by atoms with Gasteiger partial charge in [0.25, 0.3) is 0 Å². The first-order valence-electron chi connectivity index (χ1n) is 9.99. The van der Waals surface area contributed by atoms with Crippen molar-refractivity contribution in [2.24, 2.45) is 0 Å². The van der Waals surface area contributed by atoms with E-state index in [9.17, 15) is 8.42 Å². The van der Waals surface area contributed by atoms with E-state index in [0.29, 0.717) is 29.6 Å². The molecule has 160 valence electrons. The molecule has 0 saturated heterocycles. The number of anilines is 1. The maximum Gasteiger partial charge on any atom is 0.240 e. The molecule has 30 heavy (non-hydrogen) atoms. The minimum absolute atomic E-state index is 0.212. The fraction of sp³-hybridized carbons (Fsp3) is 0.304. The quantitative estimate of drug-likeness (QED) is 0.535. The van der Waals surface area contributed by atoms with Gasteiger partial charge in [0.15, 0.2) is 0 Å². The molecule has 0 aromatic heterocycles. The first kappa shape index (κ1) is 22.9. The first-order valence-corrected chi connectivity index (χ1v) is 12.2. The summed E-state index contributed by atoms with van der Waals surface area (Å²) < 4.78 is 27.7. The summed E-state index contributed by atoms with van der Waals surface area (Å²) in [6.45, 7) is 5.10. The maximum atomic E-state index is 12.5. The van der Waals surface area contributed by atoms with Crippen molar-refractivity contribution in [3.63, 3.8) is 0 Å². The Hall–Kier alpha value is -1.79. The van der Waals surface area contributed by atoms with Crippen LogP contribution in [0.2, 0.25) is 10.0 Å². The second-order valence-electron chi connectivity index (χ2n) is 7.12. The predicted octanol–water partition coefficient (Wildman–Crippen LogP) is 5.96. The van der Waals surface area contributed by atoms with Gasteiger partial charge in [-0.25, -0.2) is 13.1 Å². The number of hydrogen-bond acceptors (Lipinski definition) is 3. The monoisotopic (exact) mass is 464 g/mol. The number of aryl methyl sites for hydroxylation is 1. The Morgan fingerprint density at radius 2 is 1.70 bits per heavy atom. The third-order valence-corrected chi connectivity index (χ3v) is 7.18. The van der Waals surface area contributed by atoms with Gasteiger partial charge in [0.2, 0.25) is 10.0 Å². The van der Waals surface area contributed by atoms with Crippen molar-refractivity contribution in [1.82, 2.24) is 4.72 Å². The van der Waals surface area contributed by atoms with E-state index < -0.39 is 10.0 Å². The molecule has 2 aromatic carbocycles. The number of benzene rings is 2. The number of rotatable bonds is 6. The van der Waals surface area contributed by atoms with Crippen molar-refractivity contribution in [2.75, 3.05) is 18.0 Å². The van der Waals surface area contributed by atoms with Gasteiger partial charge in [0.05, 0.1) is 4.90 Å². The highest BCUT2D eigenvalue weighted by Crippen LogP contribution is 2.36. The molecule has 0 radical (unpaired) electrons. The summed E-state index contributed by atoms with van der Waals surface area (Å²) >= 11 is 12.1. The molecule has 0 amide bonds. The smallest absolute Gasteiger partial charge is 0.240 e. The van der Waals surface area contributed by atoms with E-state index in [-0.39, 0.29) is 4.90 Å². The van der Waals surface area contributed by atoms with E-state index in [2.05, 4.69) is 34.8 Å². The molecule has 4 nitrogen and oxygen atoms in total. The lowest BCUT2D eigenvalue weighted by Gasteiger charge is -2.28. The Morgan fingerprint density at radius 1 is 1.00 bits per heavy atom. The Bertz CT molecular complexity index is 1060. The van der Waals surface area contributed by atoms with Crippen LogP contribution >= 0.6 is 23.2 Å². The van der Waals surface area contributed by atoms with Crippen molar-refractivity contribution in [1.29, 1.82) is 0 Å². The second kappa shape index (κ2) is 10.0. The third-order valence-electron chi connectivity index (χ3n) is 5.22. The first-order chi connectivity index (χ1) is 14.4. The summed E-state index contributed by atoms with van der Waals surface area (Å²) in [6.07, 6.45) is 6.82. The minimum atomic E-state index is -3.56. The Kier molecular flexibility index (Phi) is 7.64. The normalized spacial score (nSPS) is 17.3. The molecule has 0 fully saturated rings. The fourth-order valence-electron chi connectivity index (χ4n) is 3.72. The van der Waals surface area contributed by atoms with E-state index >= 15 is 0 Å². The van der Waals surface area contributed by atoms with Crippen molar-refractivity contribution in [3.05, 3.63) is 81.5 Å². The molecule has 2 aromatic rings. The van der Waals surface area contributed by atoms with Crippen molar-refractivity contribution >= 4 is 38.9 Å². The van der Waals surface area contributed by atoms with Crippen molar-refractivity contribution in [2.45, 2.75) is 38.0 Å². The standard InChI is InChI=1S/C23H26Cl2N2O2S/c1-3-17-6-7-18-8-9-20(25)16-23(18)27(22(17)4-2)15-5-14-26-30(28,29)21-12-10-19(24)11-13-21/h3-4,8-13,16,26H,5-7,14-15H2,1-2H3. The molecule has 1 heterocycles. The van der Waals surface area contributed by atoms with Crippen LogP contribution in [0, 0.1) is 0 Å². The van der Waals surface area contributed by atoms with Gasteiger partial charge in [-0.05, 0) is 80.6 Å². The summed E-state index contributed by atoms with van der Waals surface area (Å²) in [6, 6.07) is 12.2. The van der Waals surface area contributed by atoms with Crippen LogP contribution in [0.1, 0.15) is 32.3 Å². The van der Waals surface area contributed by atoms with Crippen molar-refractivity contribution < 1.29 is 8.42 Å². The minimum Gasteiger partial charge on any atom is -0.341 e. The molecule has 1 aliphatic rings. The molecule has 0 saturated carbocycles. The number of hydrogen-bond donors (Lipinski definition) is 1. The molecule has 3 rings (SSSR count). The fourth-order valence-corrected chi connectivity index (χ4v) is 5.08. The lowest BCUT2D eigenvalue weighted by molar-refractivity contribution is 0.579. The van der Waals surface area contributed by atoms with Crippen LogP contribution in [0.25, 0.3) is 0 Å². The van der Waals surface area contributed by atoms with Gasteiger partial charge in [-0.15, -0.1) is 0 Å². The number of sulfonamides is 1. The van der Waals surface area contributed by atoms with Crippen LogP contribution < -0.4 is 9.62 Å². The maximum absolute atomic E-state index is 12.5. The van der Waals surface area contributed by atoms with Crippen LogP contribution in [0.5, 0.6) is 0 Å². The molecular weight excluding hydrogens is 439 g/mol. The van der Waals surface area contributed by atoms with Crippen LogP contribution in [0.4, 0.5) is 5.69 Å². The molecule has 0 bridgehead atoms. The zero-order valence-corrected chi connectivity index (χ0v) is 19.5. The number of fused-ring (bicyclic) bond motifs is 1. The molecule has 7 heteroatoms. The molecule has 1 N–H and O–H groups in total. The number of allylic oxidation sites excluding steroid dienone is 3. The zero-order chi connectivity index (χ0) is 21.7. The Labute approximate surface area is 189 Å². The van der Waals surface area contributed by atoms with E-state index in [4.69, 9.17) is 23.2 Å². The molecule has 0 aliphatic carbocycles. The van der Waals surface area contributed by atoms with Crippen LogP contribution in [-0.4, -0.2) is 21.5 Å². The summed E-state index contributed by atoms with van der Waals surface area (Å²) in [5.74, 6) is 0. The molecular formula is C23H26Cl2N2O2S. The van der Waals surface area contributed by atoms with E-state index in [1.165, 1.54) is 23.3 Å². The highest BCUT2D eigenvalue weighted by atomic mass is 35.5. The van der Waals surface area contributed by atoms with Gasteiger partial charge in [0.1, 0.15) is 0 Å². The average Bonchev–Trinajstić information content (AvgIpc) is 2.87. The summed E-state index contributed by atoms with van der Waals surface area (Å²) in [5.41, 5.74) is 4.77. The number of nitrogens with zero attached hydrogens (tertiary/aromatic N) is 1. The lowest BCUT2D eigenvalue weighted by Crippen LogP contribution is -2.30. The number of halogens is 2. The molecule has 1 aliphatic heterocycles. The molecule has 0 atom stereocenters. The molecule has 0 spiro atoms. The van der Waals surface area contributed by atoms with Crippen LogP contribution in [-0.2, 0) is 16.4 Å². The second-order valence-corrected chi connectivity index (χ2v) is 9.76. The number of nitrogens with one attached hydrogen (secondary N) is 1. The summed E-state index contributed by atoms with van der Waals surface area (Å²) in [7, 11) is -3.56. The lowest BCUT2D eigenvalue weighted by atomic mass is 10.0. The van der Waals surface area contributed by atoms with Crippen molar-refractivity contribution in [3.8, 4) is 0 Å². The highest BCUT2D eigenvalue weighted by molar-refractivity contribution is 7.89. The molecule has 0 unspecified atom stereocenters. The Morgan fingerprint density at radius 3 is 2.37 bits per heavy atom. The SMILES string of the molecule is CC=C1CCc2ccc(Cl)cc2N(CCCNS(=O)(=O)c2ccc(Cl)cc2)C1=CC. The highest BCUT2D eigenvalue weighted by Gasteiger charge is 2.22. The van der Waals surface area contributed by atoms with Crippen LogP contribution in [0.15, 0.2) is 70.8 Å².